The first kappa shape index (κ1) is 13.6. The summed E-state index contributed by atoms with van der Waals surface area (Å²) in [5, 5.41) is 13.9. The molecule has 4 nitrogen and oxygen atoms in total. The predicted octanol–water partition coefficient (Wildman–Crippen LogP) is 2.93. The maximum Gasteiger partial charge on any atom is 0.119 e. The molecule has 0 bridgehead atoms. The van der Waals surface area contributed by atoms with Crippen molar-refractivity contribution < 1.29 is 9.84 Å². The van der Waals surface area contributed by atoms with Crippen molar-refractivity contribution >= 4 is 0 Å². The SMILES string of the molecule is CC[C@H](O)c1ccc(OCc2cnn(CC)c2)cc1. The molecule has 19 heavy (non-hydrogen) atoms. The molecule has 0 saturated carbocycles. The highest BCUT2D eigenvalue weighted by Crippen LogP contribution is 2.20. The van der Waals surface area contributed by atoms with Crippen LogP contribution in [-0.4, -0.2) is 14.9 Å². The third-order valence-electron chi connectivity index (χ3n) is 3.07. The van der Waals surface area contributed by atoms with E-state index in [1.165, 1.54) is 0 Å². The zero-order valence-electron chi connectivity index (χ0n) is 11.4. The summed E-state index contributed by atoms with van der Waals surface area (Å²) in [5.41, 5.74) is 1.98. The lowest BCUT2D eigenvalue weighted by Crippen LogP contribution is -1.97. The minimum Gasteiger partial charge on any atom is -0.489 e. The molecule has 1 aromatic heterocycles. The molecule has 0 aliphatic heterocycles. The molecule has 0 aliphatic rings. The van der Waals surface area contributed by atoms with Gasteiger partial charge in [0.2, 0.25) is 0 Å². The number of aromatic nitrogens is 2. The normalized spacial score (nSPS) is 12.4. The lowest BCUT2D eigenvalue weighted by molar-refractivity contribution is 0.173. The topological polar surface area (TPSA) is 47.3 Å². The van der Waals surface area contributed by atoms with Crippen LogP contribution in [0, 0.1) is 0 Å². The van der Waals surface area contributed by atoms with E-state index < -0.39 is 6.10 Å². The van der Waals surface area contributed by atoms with Gasteiger partial charge >= 0.3 is 0 Å². The molecule has 102 valence electrons. The molecule has 1 aromatic carbocycles. The monoisotopic (exact) mass is 260 g/mol. The van der Waals surface area contributed by atoms with E-state index in [2.05, 4.69) is 12.0 Å². The number of aliphatic hydroxyl groups is 1. The number of hydrogen-bond donors (Lipinski definition) is 1. The largest absolute Gasteiger partial charge is 0.489 e. The first-order valence-corrected chi connectivity index (χ1v) is 6.65. The van der Waals surface area contributed by atoms with Gasteiger partial charge in [-0.2, -0.15) is 5.10 Å². The highest BCUT2D eigenvalue weighted by Gasteiger charge is 2.04. The standard InChI is InChI=1S/C15H20N2O2/c1-3-15(18)13-5-7-14(8-6-13)19-11-12-9-16-17(4-2)10-12/h5-10,15,18H,3-4,11H2,1-2H3/t15-/m0/s1. The van der Waals surface area contributed by atoms with Crippen LogP contribution >= 0.6 is 0 Å². The summed E-state index contributed by atoms with van der Waals surface area (Å²) in [6, 6.07) is 7.58. The quantitative estimate of drug-likeness (QED) is 0.868. The Balaban J connectivity index is 1.92. The fourth-order valence-corrected chi connectivity index (χ4v) is 1.84. The molecule has 0 unspecified atom stereocenters. The summed E-state index contributed by atoms with van der Waals surface area (Å²) in [5.74, 6) is 0.802. The van der Waals surface area contributed by atoms with Gasteiger partial charge in [-0.25, -0.2) is 0 Å². The van der Waals surface area contributed by atoms with Crippen molar-refractivity contribution in [3.05, 3.63) is 47.8 Å². The fraction of sp³-hybridized carbons (Fsp3) is 0.400. The predicted molar refractivity (Wildman–Crippen MR) is 73.9 cm³/mol. The summed E-state index contributed by atoms with van der Waals surface area (Å²) >= 11 is 0. The van der Waals surface area contributed by atoms with Crippen molar-refractivity contribution in [2.24, 2.45) is 0 Å². The highest BCUT2D eigenvalue weighted by molar-refractivity contribution is 5.28. The molecular weight excluding hydrogens is 240 g/mol. The molecule has 0 saturated heterocycles. The van der Waals surface area contributed by atoms with E-state index in [0.29, 0.717) is 6.61 Å². The Kier molecular flexibility index (Phi) is 4.58. The van der Waals surface area contributed by atoms with Crippen LogP contribution in [0.25, 0.3) is 0 Å². The van der Waals surface area contributed by atoms with Crippen LogP contribution in [0.4, 0.5) is 0 Å². The summed E-state index contributed by atoms with van der Waals surface area (Å²) in [7, 11) is 0. The van der Waals surface area contributed by atoms with Crippen molar-refractivity contribution in [3.63, 3.8) is 0 Å². The van der Waals surface area contributed by atoms with Crippen LogP contribution in [0.3, 0.4) is 0 Å². The molecule has 0 spiro atoms. The third-order valence-corrected chi connectivity index (χ3v) is 3.07. The number of benzene rings is 1. The van der Waals surface area contributed by atoms with E-state index in [4.69, 9.17) is 4.74 Å². The van der Waals surface area contributed by atoms with Crippen molar-refractivity contribution in [1.29, 1.82) is 0 Å². The van der Waals surface area contributed by atoms with Crippen molar-refractivity contribution in [3.8, 4) is 5.75 Å². The molecule has 4 heteroatoms. The van der Waals surface area contributed by atoms with Crippen LogP contribution < -0.4 is 4.74 Å². The van der Waals surface area contributed by atoms with E-state index in [9.17, 15) is 5.11 Å². The second-order valence-electron chi connectivity index (χ2n) is 4.49. The number of nitrogens with zero attached hydrogens (tertiary/aromatic N) is 2. The molecule has 2 rings (SSSR count). The van der Waals surface area contributed by atoms with Gasteiger partial charge in [0.25, 0.3) is 0 Å². The Morgan fingerprint density at radius 2 is 2.00 bits per heavy atom. The minimum absolute atomic E-state index is 0.392. The van der Waals surface area contributed by atoms with Crippen LogP contribution in [0.15, 0.2) is 36.7 Å². The second-order valence-corrected chi connectivity index (χ2v) is 4.49. The van der Waals surface area contributed by atoms with Crippen LogP contribution in [0.5, 0.6) is 5.75 Å². The average molecular weight is 260 g/mol. The Morgan fingerprint density at radius 3 is 2.58 bits per heavy atom. The minimum atomic E-state index is -0.392. The lowest BCUT2D eigenvalue weighted by Gasteiger charge is -2.09. The molecule has 0 fully saturated rings. The number of ether oxygens (including phenoxy) is 1. The summed E-state index contributed by atoms with van der Waals surface area (Å²) in [6.45, 7) is 5.38. The van der Waals surface area contributed by atoms with Gasteiger partial charge in [0.1, 0.15) is 12.4 Å². The van der Waals surface area contributed by atoms with Gasteiger partial charge in [-0.05, 0) is 31.0 Å². The lowest BCUT2D eigenvalue weighted by atomic mass is 10.1. The molecule has 1 N–H and O–H groups in total. The Bertz CT molecular complexity index is 505. The molecule has 0 aliphatic carbocycles. The molecule has 1 atom stereocenters. The van der Waals surface area contributed by atoms with E-state index in [1.807, 2.05) is 48.3 Å². The first-order chi connectivity index (χ1) is 9.22. The first-order valence-electron chi connectivity index (χ1n) is 6.65. The van der Waals surface area contributed by atoms with Gasteiger partial charge in [0.05, 0.1) is 12.3 Å². The van der Waals surface area contributed by atoms with Gasteiger partial charge < -0.3 is 9.84 Å². The maximum atomic E-state index is 9.71. The maximum absolute atomic E-state index is 9.71. The number of rotatable bonds is 6. The summed E-state index contributed by atoms with van der Waals surface area (Å²) in [6.07, 6.45) is 4.13. The van der Waals surface area contributed by atoms with Gasteiger partial charge in [-0.3, -0.25) is 4.68 Å². The second kappa shape index (κ2) is 6.38. The van der Waals surface area contributed by atoms with Crippen LogP contribution in [-0.2, 0) is 13.2 Å². The van der Waals surface area contributed by atoms with E-state index in [1.54, 1.807) is 0 Å². The van der Waals surface area contributed by atoms with Gasteiger partial charge in [-0.1, -0.05) is 19.1 Å². The van der Waals surface area contributed by atoms with E-state index in [0.717, 1.165) is 29.8 Å². The third kappa shape index (κ3) is 3.58. The van der Waals surface area contributed by atoms with Gasteiger partial charge in [0.15, 0.2) is 0 Å². The smallest absolute Gasteiger partial charge is 0.119 e. The summed E-state index contributed by atoms with van der Waals surface area (Å²) in [4.78, 5) is 0. The molecule has 2 aromatic rings. The highest BCUT2D eigenvalue weighted by atomic mass is 16.5. The van der Waals surface area contributed by atoms with Crippen LogP contribution in [0.1, 0.15) is 37.5 Å². The van der Waals surface area contributed by atoms with E-state index >= 15 is 0 Å². The van der Waals surface area contributed by atoms with Crippen molar-refractivity contribution in [1.82, 2.24) is 9.78 Å². The number of aliphatic hydroxyl groups excluding tert-OH is 1. The molecule has 0 amide bonds. The van der Waals surface area contributed by atoms with E-state index in [-0.39, 0.29) is 0 Å². The summed E-state index contributed by atoms with van der Waals surface area (Å²) < 4.78 is 7.56. The number of hydrogen-bond acceptors (Lipinski definition) is 3. The average Bonchev–Trinajstić information content (AvgIpc) is 2.93. The molecule has 0 radical (unpaired) electrons. The van der Waals surface area contributed by atoms with Crippen molar-refractivity contribution in [2.75, 3.05) is 0 Å². The zero-order chi connectivity index (χ0) is 13.7. The molecule has 1 heterocycles. The zero-order valence-corrected chi connectivity index (χ0v) is 11.4. The van der Waals surface area contributed by atoms with Crippen molar-refractivity contribution in [2.45, 2.75) is 39.5 Å². The Labute approximate surface area is 113 Å². The van der Waals surface area contributed by atoms with Gasteiger partial charge in [0, 0.05) is 18.3 Å². The molecular formula is C15H20N2O2. The van der Waals surface area contributed by atoms with Gasteiger partial charge in [-0.15, -0.1) is 0 Å². The Morgan fingerprint density at radius 1 is 1.26 bits per heavy atom. The van der Waals surface area contributed by atoms with Crippen LogP contribution in [0.2, 0.25) is 0 Å². The fourth-order valence-electron chi connectivity index (χ4n) is 1.84. The Hall–Kier alpha value is -1.81. The number of aryl methyl sites for hydroxylation is 1.